The molecule has 0 radical (unpaired) electrons. The fourth-order valence-electron chi connectivity index (χ4n) is 1.54. The number of nitrogen functional groups attached to an aromatic ring is 2. The Morgan fingerprint density at radius 3 is 2.67 bits per heavy atom. The number of hydrazine groups is 1. The standard InChI is InChI=1S/C11H12N6O4/c1-20-8-4-6(17(18)19)2-3-7(8)21-10-5-9(16-13)14-11(12)15-10/h2-5H,13H2,1H3,(H3,12,14,15,16). The number of non-ortho nitro benzene ring substituents is 1. The number of nitrogens with two attached hydrogens (primary N) is 2. The molecule has 1 aromatic carbocycles. The molecule has 1 heterocycles. The van der Waals surface area contributed by atoms with Gasteiger partial charge in [-0.1, -0.05) is 0 Å². The molecule has 10 heteroatoms. The summed E-state index contributed by atoms with van der Waals surface area (Å²) in [7, 11) is 1.37. The molecule has 0 saturated heterocycles. The van der Waals surface area contributed by atoms with Crippen molar-refractivity contribution in [1.29, 1.82) is 0 Å². The van der Waals surface area contributed by atoms with Crippen LogP contribution in [-0.4, -0.2) is 22.0 Å². The molecule has 1 aromatic heterocycles. The number of benzene rings is 1. The topological polar surface area (TPSA) is 151 Å². The van der Waals surface area contributed by atoms with E-state index in [-0.39, 0.29) is 34.8 Å². The van der Waals surface area contributed by atoms with Gasteiger partial charge in [-0.15, -0.1) is 0 Å². The molecule has 0 aliphatic carbocycles. The molecule has 0 spiro atoms. The summed E-state index contributed by atoms with van der Waals surface area (Å²) in [6.07, 6.45) is 0. The van der Waals surface area contributed by atoms with Gasteiger partial charge in [0.25, 0.3) is 5.69 Å². The molecule has 0 amide bonds. The summed E-state index contributed by atoms with van der Waals surface area (Å²) in [5.41, 5.74) is 7.70. The molecule has 0 aliphatic heterocycles. The van der Waals surface area contributed by atoms with Crippen molar-refractivity contribution in [2.75, 3.05) is 18.3 Å². The number of hydrogen-bond acceptors (Lipinski definition) is 9. The summed E-state index contributed by atoms with van der Waals surface area (Å²) >= 11 is 0. The Morgan fingerprint density at radius 2 is 2.05 bits per heavy atom. The van der Waals surface area contributed by atoms with Crippen LogP contribution in [-0.2, 0) is 0 Å². The number of nitrogens with one attached hydrogen (secondary N) is 1. The third-order valence-electron chi connectivity index (χ3n) is 2.44. The van der Waals surface area contributed by atoms with E-state index in [1.807, 2.05) is 0 Å². The predicted octanol–water partition coefficient (Wildman–Crippen LogP) is 1.05. The smallest absolute Gasteiger partial charge is 0.273 e. The Balaban J connectivity index is 2.35. The summed E-state index contributed by atoms with van der Waals surface area (Å²) in [6.45, 7) is 0. The fourth-order valence-corrected chi connectivity index (χ4v) is 1.54. The van der Waals surface area contributed by atoms with Gasteiger partial charge in [0, 0.05) is 12.1 Å². The first-order valence-corrected chi connectivity index (χ1v) is 5.65. The lowest BCUT2D eigenvalue weighted by atomic mass is 10.3. The van der Waals surface area contributed by atoms with E-state index in [2.05, 4.69) is 15.4 Å². The first kappa shape index (κ1) is 14.3. The number of rotatable bonds is 5. The molecule has 10 nitrogen and oxygen atoms in total. The molecule has 0 bridgehead atoms. The number of nitro benzene ring substituents is 1. The number of anilines is 2. The van der Waals surface area contributed by atoms with Gasteiger partial charge in [-0.3, -0.25) is 10.1 Å². The maximum atomic E-state index is 10.7. The average molecular weight is 292 g/mol. The normalized spacial score (nSPS) is 10.0. The van der Waals surface area contributed by atoms with Gasteiger partial charge in [0.15, 0.2) is 11.5 Å². The molecule has 0 unspecified atom stereocenters. The zero-order chi connectivity index (χ0) is 15.4. The Morgan fingerprint density at radius 1 is 1.29 bits per heavy atom. The summed E-state index contributed by atoms with van der Waals surface area (Å²) in [5.74, 6) is 6.00. The lowest BCUT2D eigenvalue weighted by molar-refractivity contribution is -0.384. The molecule has 5 N–H and O–H groups in total. The van der Waals surface area contributed by atoms with Crippen molar-refractivity contribution in [2.24, 2.45) is 5.84 Å². The molecular formula is C11H12N6O4. The number of ether oxygens (including phenoxy) is 2. The first-order chi connectivity index (χ1) is 10.0. The summed E-state index contributed by atoms with van der Waals surface area (Å²) in [6, 6.07) is 5.33. The Kier molecular flexibility index (Phi) is 4.00. The highest BCUT2D eigenvalue weighted by atomic mass is 16.6. The van der Waals surface area contributed by atoms with Crippen molar-refractivity contribution in [3.05, 3.63) is 34.4 Å². The Hall–Kier alpha value is -3.14. The molecule has 110 valence electrons. The van der Waals surface area contributed by atoms with Crippen molar-refractivity contribution in [2.45, 2.75) is 0 Å². The fraction of sp³-hybridized carbons (Fsp3) is 0.0909. The molecular weight excluding hydrogens is 280 g/mol. The highest BCUT2D eigenvalue weighted by molar-refractivity contribution is 5.51. The van der Waals surface area contributed by atoms with E-state index >= 15 is 0 Å². The van der Waals surface area contributed by atoms with Crippen LogP contribution in [0, 0.1) is 10.1 Å². The van der Waals surface area contributed by atoms with Crippen LogP contribution in [0.1, 0.15) is 0 Å². The molecule has 0 aliphatic rings. The molecule has 2 aromatic rings. The molecule has 21 heavy (non-hydrogen) atoms. The second-order valence-electron chi connectivity index (χ2n) is 3.79. The van der Waals surface area contributed by atoms with Crippen molar-refractivity contribution in [1.82, 2.24) is 9.97 Å². The van der Waals surface area contributed by atoms with E-state index < -0.39 is 4.92 Å². The van der Waals surface area contributed by atoms with Gasteiger partial charge in [0.2, 0.25) is 11.8 Å². The predicted molar refractivity (Wildman–Crippen MR) is 74.0 cm³/mol. The summed E-state index contributed by atoms with van der Waals surface area (Å²) in [5, 5.41) is 10.7. The molecule has 2 rings (SSSR count). The van der Waals surface area contributed by atoms with Gasteiger partial charge >= 0.3 is 0 Å². The highest BCUT2D eigenvalue weighted by Gasteiger charge is 2.14. The number of methoxy groups -OCH3 is 1. The third kappa shape index (κ3) is 3.25. The summed E-state index contributed by atoms with van der Waals surface area (Å²) < 4.78 is 10.5. The van der Waals surface area contributed by atoms with Crippen molar-refractivity contribution in [3.63, 3.8) is 0 Å². The minimum atomic E-state index is -0.536. The van der Waals surface area contributed by atoms with E-state index in [0.29, 0.717) is 0 Å². The van der Waals surface area contributed by atoms with Crippen LogP contribution < -0.4 is 26.5 Å². The van der Waals surface area contributed by atoms with Crippen LogP contribution in [0.4, 0.5) is 17.5 Å². The zero-order valence-electron chi connectivity index (χ0n) is 10.9. The largest absolute Gasteiger partial charge is 0.493 e. The van der Waals surface area contributed by atoms with Crippen molar-refractivity contribution < 1.29 is 14.4 Å². The quantitative estimate of drug-likeness (QED) is 0.417. The average Bonchev–Trinajstić information content (AvgIpc) is 2.46. The second-order valence-corrected chi connectivity index (χ2v) is 3.79. The monoisotopic (exact) mass is 292 g/mol. The zero-order valence-corrected chi connectivity index (χ0v) is 10.9. The molecule has 0 atom stereocenters. The van der Waals surface area contributed by atoms with Crippen LogP contribution in [0.15, 0.2) is 24.3 Å². The van der Waals surface area contributed by atoms with Gasteiger partial charge in [-0.25, -0.2) is 5.84 Å². The van der Waals surface area contributed by atoms with Gasteiger partial charge in [-0.2, -0.15) is 9.97 Å². The number of hydrogen-bond donors (Lipinski definition) is 3. The van der Waals surface area contributed by atoms with Gasteiger partial charge in [0.1, 0.15) is 5.82 Å². The first-order valence-electron chi connectivity index (χ1n) is 5.65. The molecule has 0 saturated carbocycles. The maximum absolute atomic E-state index is 10.7. The SMILES string of the molecule is COc1cc([N+](=O)[O-])ccc1Oc1cc(NN)nc(N)n1. The molecule has 0 fully saturated rings. The van der Waals surface area contributed by atoms with Crippen LogP contribution in [0.25, 0.3) is 0 Å². The number of aromatic nitrogens is 2. The summed E-state index contributed by atoms with van der Waals surface area (Å²) in [4.78, 5) is 17.9. The van der Waals surface area contributed by atoms with Crippen molar-refractivity contribution in [3.8, 4) is 17.4 Å². The second kappa shape index (κ2) is 5.88. The highest BCUT2D eigenvalue weighted by Crippen LogP contribution is 2.34. The van der Waals surface area contributed by atoms with Crippen LogP contribution in [0.5, 0.6) is 17.4 Å². The van der Waals surface area contributed by atoms with Crippen LogP contribution in [0.3, 0.4) is 0 Å². The van der Waals surface area contributed by atoms with E-state index in [0.717, 1.165) is 0 Å². The van der Waals surface area contributed by atoms with E-state index in [1.54, 1.807) is 0 Å². The lowest BCUT2D eigenvalue weighted by Gasteiger charge is -2.10. The minimum Gasteiger partial charge on any atom is -0.493 e. The Bertz CT molecular complexity index is 678. The van der Waals surface area contributed by atoms with Crippen molar-refractivity contribution >= 4 is 17.5 Å². The van der Waals surface area contributed by atoms with E-state index in [9.17, 15) is 10.1 Å². The number of nitro groups is 1. The number of nitrogens with zero attached hydrogens (tertiary/aromatic N) is 3. The van der Waals surface area contributed by atoms with E-state index in [4.69, 9.17) is 21.1 Å². The van der Waals surface area contributed by atoms with Crippen LogP contribution in [0.2, 0.25) is 0 Å². The van der Waals surface area contributed by atoms with E-state index in [1.165, 1.54) is 31.4 Å². The minimum absolute atomic E-state index is 0.0404. The lowest BCUT2D eigenvalue weighted by Crippen LogP contribution is -2.10. The Labute approximate surface area is 118 Å². The van der Waals surface area contributed by atoms with Gasteiger partial charge in [0.05, 0.1) is 18.1 Å². The third-order valence-corrected chi connectivity index (χ3v) is 2.44. The van der Waals surface area contributed by atoms with Crippen LogP contribution >= 0.6 is 0 Å². The van der Waals surface area contributed by atoms with Gasteiger partial charge in [-0.05, 0) is 6.07 Å². The maximum Gasteiger partial charge on any atom is 0.273 e. The van der Waals surface area contributed by atoms with Gasteiger partial charge < -0.3 is 20.6 Å².